The first-order valence-electron chi connectivity index (χ1n) is 5.16. The molecule has 0 aliphatic rings. The molecule has 1 aromatic heterocycles. The number of para-hydroxylation sites is 1. The zero-order valence-corrected chi connectivity index (χ0v) is 8.97. The predicted molar refractivity (Wildman–Crippen MR) is 65.4 cm³/mol. The maximum absolute atomic E-state index is 5.58. The minimum atomic E-state index is 0.504. The summed E-state index contributed by atoms with van der Waals surface area (Å²) in [5, 5.41) is 0. The van der Waals surface area contributed by atoms with E-state index in [0.717, 1.165) is 17.0 Å². The number of ether oxygens (including phenoxy) is 1. The Labute approximate surface area is 95.2 Å². The van der Waals surface area contributed by atoms with Crippen molar-refractivity contribution in [3.63, 3.8) is 0 Å². The summed E-state index contributed by atoms with van der Waals surface area (Å²) in [7, 11) is 0. The zero-order chi connectivity index (χ0) is 11.2. The molecule has 2 rings (SSSR count). The van der Waals surface area contributed by atoms with Gasteiger partial charge in [0.2, 0.25) is 0 Å². The molecule has 16 heavy (non-hydrogen) atoms. The number of hydrogen-bond donors (Lipinski definition) is 0. The summed E-state index contributed by atoms with van der Waals surface area (Å²) in [6.45, 7) is 4.14. The van der Waals surface area contributed by atoms with Crippen LogP contribution in [0, 0.1) is 0 Å². The van der Waals surface area contributed by atoms with E-state index >= 15 is 0 Å². The molecular weight excluding hydrogens is 198 g/mol. The highest BCUT2D eigenvalue weighted by molar-refractivity contribution is 5.66. The van der Waals surface area contributed by atoms with Crippen molar-refractivity contribution >= 4 is 0 Å². The Balaban J connectivity index is 2.36. The van der Waals surface area contributed by atoms with Gasteiger partial charge in [0.15, 0.2) is 0 Å². The summed E-state index contributed by atoms with van der Waals surface area (Å²) >= 11 is 0. The van der Waals surface area contributed by atoms with Crippen molar-refractivity contribution in [2.75, 3.05) is 6.61 Å². The Bertz CT molecular complexity index is 465. The molecule has 0 saturated carbocycles. The van der Waals surface area contributed by atoms with Crippen LogP contribution in [0.2, 0.25) is 0 Å². The van der Waals surface area contributed by atoms with Crippen LogP contribution < -0.4 is 4.74 Å². The second-order valence-corrected chi connectivity index (χ2v) is 3.31. The van der Waals surface area contributed by atoms with Gasteiger partial charge in [0.1, 0.15) is 12.4 Å². The zero-order valence-electron chi connectivity index (χ0n) is 8.97. The van der Waals surface area contributed by atoms with Gasteiger partial charge in [-0.2, -0.15) is 0 Å². The average molecular weight is 211 g/mol. The van der Waals surface area contributed by atoms with E-state index in [9.17, 15) is 0 Å². The van der Waals surface area contributed by atoms with Crippen LogP contribution >= 0.6 is 0 Å². The molecule has 0 aliphatic heterocycles. The molecule has 0 fully saturated rings. The molecule has 0 N–H and O–H groups in total. The predicted octanol–water partition coefficient (Wildman–Crippen LogP) is 3.31. The third-order valence-electron chi connectivity index (χ3n) is 2.18. The fourth-order valence-electron chi connectivity index (χ4n) is 1.47. The summed E-state index contributed by atoms with van der Waals surface area (Å²) in [5.74, 6) is 0.834. The third-order valence-corrected chi connectivity index (χ3v) is 2.18. The first kappa shape index (κ1) is 10.4. The highest BCUT2D eigenvalue weighted by atomic mass is 16.5. The number of nitrogens with zero attached hydrogens (tertiary/aromatic N) is 1. The lowest BCUT2D eigenvalue weighted by Crippen LogP contribution is -1.95. The van der Waals surface area contributed by atoms with E-state index in [-0.39, 0.29) is 0 Å². The SMILES string of the molecule is C=CCOc1ccccc1-c1ccccn1. The van der Waals surface area contributed by atoms with Crippen LogP contribution in [0.3, 0.4) is 0 Å². The lowest BCUT2D eigenvalue weighted by molar-refractivity contribution is 0.364. The van der Waals surface area contributed by atoms with Crippen LogP contribution in [0.4, 0.5) is 0 Å². The molecule has 1 aromatic carbocycles. The van der Waals surface area contributed by atoms with E-state index in [4.69, 9.17) is 4.74 Å². The quantitative estimate of drug-likeness (QED) is 0.724. The van der Waals surface area contributed by atoms with Crippen molar-refractivity contribution in [2.45, 2.75) is 0 Å². The second kappa shape index (κ2) is 5.12. The highest BCUT2D eigenvalue weighted by Crippen LogP contribution is 2.27. The van der Waals surface area contributed by atoms with E-state index in [2.05, 4.69) is 11.6 Å². The molecule has 0 unspecified atom stereocenters. The second-order valence-electron chi connectivity index (χ2n) is 3.31. The van der Waals surface area contributed by atoms with E-state index in [1.807, 2.05) is 42.5 Å². The molecular formula is C14H13NO. The van der Waals surface area contributed by atoms with E-state index in [0.29, 0.717) is 6.61 Å². The van der Waals surface area contributed by atoms with Gasteiger partial charge in [0.25, 0.3) is 0 Å². The van der Waals surface area contributed by atoms with Gasteiger partial charge >= 0.3 is 0 Å². The summed E-state index contributed by atoms with van der Waals surface area (Å²) in [5.41, 5.74) is 1.92. The summed E-state index contributed by atoms with van der Waals surface area (Å²) in [6, 6.07) is 13.7. The number of pyridine rings is 1. The van der Waals surface area contributed by atoms with Crippen molar-refractivity contribution in [3.05, 3.63) is 61.3 Å². The van der Waals surface area contributed by atoms with Crippen LogP contribution in [0.1, 0.15) is 0 Å². The first-order chi connectivity index (χ1) is 7.92. The molecule has 0 aliphatic carbocycles. The van der Waals surface area contributed by atoms with Crippen molar-refractivity contribution in [3.8, 4) is 17.0 Å². The molecule has 2 nitrogen and oxygen atoms in total. The number of benzene rings is 1. The summed E-state index contributed by atoms with van der Waals surface area (Å²) in [4.78, 5) is 4.31. The maximum atomic E-state index is 5.58. The fraction of sp³-hybridized carbons (Fsp3) is 0.0714. The summed E-state index contributed by atoms with van der Waals surface area (Å²) in [6.07, 6.45) is 3.51. The lowest BCUT2D eigenvalue weighted by Gasteiger charge is -2.08. The van der Waals surface area contributed by atoms with Crippen LogP contribution in [-0.2, 0) is 0 Å². The van der Waals surface area contributed by atoms with Gasteiger partial charge in [-0.25, -0.2) is 0 Å². The van der Waals surface area contributed by atoms with Gasteiger partial charge in [-0.05, 0) is 24.3 Å². The van der Waals surface area contributed by atoms with E-state index < -0.39 is 0 Å². The Hall–Kier alpha value is -2.09. The third kappa shape index (κ3) is 2.28. The van der Waals surface area contributed by atoms with Gasteiger partial charge in [-0.3, -0.25) is 4.98 Å². The van der Waals surface area contributed by atoms with Crippen LogP contribution in [-0.4, -0.2) is 11.6 Å². The topological polar surface area (TPSA) is 22.1 Å². The minimum Gasteiger partial charge on any atom is -0.489 e. The minimum absolute atomic E-state index is 0.504. The van der Waals surface area contributed by atoms with Crippen LogP contribution in [0.15, 0.2) is 61.3 Å². The Kier molecular flexibility index (Phi) is 3.34. The fourth-order valence-corrected chi connectivity index (χ4v) is 1.47. The monoisotopic (exact) mass is 211 g/mol. The molecule has 0 amide bonds. The molecule has 2 aromatic rings. The van der Waals surface area contributed by atoms with Crippen LogP contribution in [0.5, 0.6) is 5.75 Å². The molecule has 1 heterocycles. The standard InChI is InChI=1S/C14H13NO/c1-2-11-16-14-9-4-3-7-12(14)13-8-5-6-10-15-13/h2-10H,1,11H2. The van der Waals surface area contributed by atoms with Crippen LogP contribution in [0.25, 0.3) is 11.3 Å². The smallest absolute Gasteiger partial charge is 0.129 e. The van der Waals surface area contributed by atoms with Crippen molar-refractivity contribution in [2.24, 2.45) is 0 Å². The average Bonchev–Trinajstić information content (AvgIpc) is 2.38. The first-order valence-corrected chi connectivity index (χ1v) is 5.16. The lowest BCUT2D eigenvalue weighted by atomic mass is 10.1. The summed E-state index contributed by atoms with van der Waals surface area (Å²) < 4.78 is 5.58. The Morgan fingerprint density at radius 2 is 1.94 bits per heavy atom. The van der Waals surface area contributed by atoms with Gasteiger partial charge < -0.3 is 4.74 Å². The van der Waals surface area contributed by atoms with Gasteiger partial charge in [0.05, 0.1) is 5.69 Å². The number of aromatic nitrogens is 1. The highest BCUT2D eigenvalue weighted by Gasteiger charge is 2.05. The van der Waals surface area contributed by atoms with Gasteiger partial charge in [-0.1, -0.05) is 30.9 Å². The van der Waals surface area contributed by atoms with E-state index in [1.165, 1.54) is 0 Å². The molecule has 80 valence electrons. The van der Waals surface area contributed by atoms with Crippen molar-refractivity contribution < 1.29 is 4.74 Å². The maximum Gasteiger partial charge on any atom is 0.129 e. The Morgan fingerprint density at radius 3 is 2.69 bits per heavy atom. The van der Waals surface area contributed by atoms with Crippen molar-refractivity contribution in [1.82, 2.24) is 4.98 Å². The van der Waals surface area contributed by atoms with Gasteiger partial charge in [-0.15, -0.1) is 0 Å². The molecule has 0 radical (unpaired) electrons. The number of rotatable bonds is 4. The van der Waals surface area contributed by atoms with Crippen molar-refractivity contribution in [1.29, 1.82) is 0 Å². The molecule has 0 bridgehead atoms. The molecule has 0 atom stereocenters. The molecule has 0 saturated heterocycles. The number of hydrogen-bond acceptors (Lipinski definition) is 2. The normalized spacial score (nSPS) is 9.75. The largest absolute Gasteiger partial charge is 0.489 e. The molecule has 2 heteroatoms. The Morgan fingerprint density at radius 1 is 1.12 bits per heavy atom. The molecule has 0 spiro atoms. The van der Waals surface area contributed by atoms with Gasteiger partial charge in [0, 0.05) is 11.8 Å². The van der Waals surface area contributed by atoms with E-state index in [1.54, 1.807) is 12.3 Å².